The number of ether oxygens (including phenoxy) is 1. The first-order valence-electron chi connectivity index (χ1n) is 9.91. The summed E-state index contributed by atoms with van der Waals surface area (Å²) in [6.07, 6.45) is 0. The molecule has 5 nitrogen and oxygen atoms in total. The Hall–Kier alpha value is -1.59. The predicted molar refractivity (Wildman–Crippen MR) is 112 cm³/mol. The molecule has 0 aliphatic carbocycles. The van der Waals surface area contributed by atoms with Gasteiger partial charge in [-0.2, -0.15) is 0 Å². The fourth-order valence-electron chi connectivity index (χ4n) is 2.89. The van der Waals surface area contributed by atoms with E-state index in [-0.39, 0.29) is 0 Å². The highest BCUT2D eigenvalue weighted by atomic mass is 16.5. The van der Waals surface area contributed by atoms with Crippen LogP contribution in [-0.4, -0.2) is 49.2 Å². The van der Waals surface area contributed by atoms with Crippen molar-refractivity contribution in [2.45, 2.75) is 66.8 Å². The van der Waals surface area contributed by atoms with E-state index in [1.807, 2.05) is 6.92 Å². The fourth-order valence-corrected chi connectivity index (χ4v) is 2.89. The molecule has 0 saturated carbocycles. The van der Waals surface area contributed by atoms with E-state index < -0.39 is 0 Å². The van der Waals surface area contributed by atoms with Gasteiger partial charge in [0.1, 0.15) is 0 Å². The van der Waals surface area contributed by atoms with Gasteiger partial charge in [0.05, 0.1) is 13.2 Å². The molecule has 0 aliphatic heterocycles. The predicted octanol–water partition coefficient (Wildman–Crippen LogP) is 3.40. The first-order chi connectivity index (χ1) is 12.5. The maximum absolute atomic E-state index is 5.44. The van der Waals surface area contributed by atoms with Crippen LogP contribution in [0.1, 0.15) is 52.7 Å². The third-order valence-electron chi connectivity index (χ3n) is 4.25. The quantitative estimate of drug-likeness (QED) is 0.468. The van der Waals surface area contributed by atoms with Gasteiger partial charge in [0.2, 0.25) is 0 Å². The molecule has 0 bridgehead atoms. The van der Waals surface area contributed by atoms with Crippen LogP contribution >= 0.6 is 0 Å². The van der Waals surface area contributed by atoms with Gasteiger partial charge in [0.25, 0.3) is 0 Å². The number of nitrogens with one attached hydrogen (secondary N) is 2. The molecule has 2 N–H and O–H groups in total. The normalized spacial score (nSPS) is 12.3. The van der Waals surface area contributed by atoms with Crippen molar-refractivity contribution in [1.82, 2.24) is 15.5 Å². The van der Waals surface area contributed by atoms with E-state index in [2.05, 4.69) is 74.4 Å². The number of benzene rings is 1. The van der Waals surface area contributed by atoms with Gasteiger partial charge in [-0.1, -0.05) is 24.3 Å². The molecule has 148 valence electrons. The summed E-state index contributed by atoms with van der Waals surface area (Å²) in [7, 11) is 0. The van der Waals surface area contributed by atoms with E-state index in [0.717, 1.165) is 32.2 Å². The van der Waals surface area contributed by atoms with Gasteiger partial charge in [-0.3, -0.25) is 4.90 Å². The molecule has 0 unspecified atom stereocenters. The number of hydrogen-bond acceptors (Lipinski definition) is 3. The van der Waals surface area contributed by atoms with E-state index in [1.54, 1.807) is 0 Å². The van der Waals surface area contributed by atoms with Gasteiger partial charge in [0.15, 0.2) is 5.96 Å². The molecule has 0 fully saturated rings. The van der Waals surface area contributed by atoms with Gasteiger partial charge >= 0.3 is 0 Å². The lowest BCUT2D eigenvalue weighted by molar-refractivity contribution is 0.134. The molecule has 0 spiro atoms. The number of rotatable bonds is 11. The topological polar surface area (TPSA) is 48.9 Å². The molecule has 0 atom stereocenters. The van der Waals surface area contributed by atoms with E-state index in [0.29, 0.717) is 25.2 Å². The minimum atomic E-state index is 0.548. The lowest BCUT2D eigenvalue weighted by Crippen LogP contribution is -2.45. The zero-order chi connectivity index (χ0) is 19.4. The van der Waals surface area contributed by atoms with Crippen LogP contribution in [0.15, 0.2) is 29.3 Å². The van der Waals surface area contributed by atoms with Crippen LogP contribution in [0.2, 0.25) is 0 Å². The number of aliphatic imine (C=N–C) groups is 1. The van der Waals surface area contributed by atoms with Crippen molar-refractivity contribution >= 4 is 5.96 Å². The van der Waals surface area contributed by atoms with Crippen LogP contribution in [-0.2, 0) is 17.9 Å². The third-order valence-corrected chi connectivity index (χ3v) is 4.25. The Morgan fingerprint density at radius 2 is 1.62 bits per heavy atom. The van der Waals surface area contributed by atoms with Crippen LogP contribution in [0.4, 0.5) is 0 Å². The van der Waals surface area contributed by atoms with E-state index in [4.69, 9.17) is 9.73 Å². The molecule has 1 rings (SSSR count). The minimum Gasteiger partial charge on any atom is -0.377 e. The average Bonchev–Trinajstić information content (AvgIpc) is 2.61. The van der Waals surface area contributed by atoms with Gasteiger partial charge in [-0.25, -0.2) is 4.99 Å². The average molecular weight is 363 g/mol. The van der Waals surface area contributed by atoms with E-state index in [1.165, 1.54) is 11.1 Å². The Kier molecular flexibility index (Phi) is 11.0. The van der Waals surface area contributed by atoms with Crippen molar-refractivity contribution in [2.24, 2.45) is 4.99 Å². The summed E-state index contributed by atoms with van der Waals surface area (Å²) in [6.45, 7) is 17.9. The maximum atomic E-state index is 5.44. The van der Waals surface area contributed by atoms with Crippen molar-refractivity contribution in [2.75, 3.05) is 26.2 Å². The smallest absolute Gasteiger partial charge is 0.191 e. The first-order valence-corrected chi connectivity index (χ1v) is 9.91. The summed E-state index contributed by atoms with van der Waals surface area (Å²) in [5.74, 6) is 0.873. The molecule has 0 amide bonds. The van der Waals surface area contributed by atoms with Gasteiger partial charge < -0.3 is 15.4 Å². The second kappa shape index (κ2) is 12.7. The Bertz CT molecular complexity index is 503. The highest BCUT2D eigenvalue weighted by Gasteiger charge is 2.12. The lowest BCUT2D eigenvalue weighted by atomic mass is 10.1. The second-order valence-electron chi connectivity index (χ2n) is 7.00. The zero-order valence-electron chi connectivity index (χ0n) is 17.5. The molecule has 26 heavy (non-hydrogen) atoms. The molecule has 1 aromatic rings. The summed E-state index contributed by atoms with van der Waals surface area (Å²) >= 11 is 0. The Morgan fingerprint density at radius 1 is 1.00 bits per heavy atom. The Morgan fingerprint density at radius 3 is 2.15 bits per heavy atom. The van der Waals surface area contributed by atoms with Crippen molar-refractivity contribution in [3.8, 4) is 0 Å². The van der Waals surface area contributed by atoms with Gasteiger partial charge in [-0.05, 0) is 52.7 Å². The molecular weight excluding hydrogens is 324 g/mol. The second-order valence-corrected chi connectivity index (χ2v) is 7.00. The van der Waals surface area contributed by atoms with E-state index in [9.17, 15) is 0 Å². The van der Waals surface area contributed by atoms with Crippen LogP contribution in [0.3, 0.4) is 0 Å². The summed E-state index contributed by atoms with van der Waals surface area (Å²) in [6, 6.07) is 9.58. The summed E-state index contributed by atoms with van der Waals surface area (Å²) < 4.78 is 5.44. The van der Waals surface area contributed by atoms with Gasteiger partial charge in [0, 0.05) is 38.3 Å². The number of nitrogens with zero attached hydrogens (tertiary/aromatic N) is 2. The standard InChI is InChI=1S/C21H38N4O/c1-7-22-21(23-13-14-25(17(3)4)18(5)6)24-15-19-9-11-20(12-10-19)16-26-8-2/h9-12,17-18H,7-8,13-16H2,1-6H3,(H2,22,23,24). The van der Waals surface area contributed by atoms with Crippen LogP contribution in [0.25, 0.3) is 0 Å². The van der Waals surface area contributed by atoms with Crippen LogP contribution in [0, 0.1) is 0 Å². The van der Waals surface area contributed by atoms with Crippen molar-refractivity contribution in [1.29, 1.82) is 0 Å². The number of guanidine groups is 1. The maximum Gasteiger partial charge on any atom is 0.191 e. The van der Waals surface area contributed by atoms with Crippen molar-refractivity contribution < 1.29 is 4.74 Å². The molecular formula is C21H38N4O. The van der Waals surface area contributed by atoms with Crippen molar-refractivity contribution in [3.63, 3.8) is 0 Å². The molecule has 1 aromatic carbocycles. The summed E-state index contributed by atoms with van der Waals surface area (Å²) in [5, 5.41) is 6.77. The monoisotopic (exact) mass is 362 g/mol. The molecule has 0 saturated heterocycles. The summed E-state index contributed by atoms with van der Waals surface area (Å²) in [4.78, 5) is 7.19. The van der Waals surface area contributed by atoms with Crippen molar-refractivity contribution in [3.05, 3.63) is 35.4 Å². The summed E-state index contributed by atoms with van der Waals surface area (Å²) in [5.41, 5.74) is 2.40. The molecule has 0 aliphatic rings. The van der Waals surface area contributed by atoms with Crippen LogP contribution < -0.4 is 10.6 Å². The molecule has 5 heteroatoms. The fraction of sp³-hybridized carbons (Fsp3) is 0.667. The zero-order valence-corrected chi connectivity index (χ0v) is 17.5. The largest absolute Gasteiger partial charge is 0.377 e. The first kappa shape index (κ1) is 22.5. The molecule has 0 aromatic heterocycles. The van der Waals surface area contributed by atoms with Crippen LogP contribution in [0.5, 0.6) is 0 Å². The molecule has 0 radical (unpaired) electrons. The van der Waals surface area contributed by atoms with E-state index >= 15 is 0 Å². The van der Waals surface area contributed by atoms with Gasteiger partial charge in [-0.15, -0.1) is 0 Å². The highest BCUT2D eigenvalue weighted by Crippen LogP contribution is 2.07. The number of hydrogen-bond donors (Lipinski definition) is 2. The molecule has 0 heterocycles. The Labute approximate surface area is 160 Å². The Balaban J connectivity index is 2.54. The third kappa shape index (κ3) is 8.68. The minimum absolute atomic E-state index is 0.548. The SMILES string of the molecule is CCNC(=NCc1ccc(COCC)cc1)NCCN(C(C)C)C(C)C. The highest BCUT2D eigenvalue weighted by molar-refractivity contribution is 5.79. The lowest BCUT2D eigenvalue weighted by Gasteiger charge is -2.30.